The molecular formula is C25H18ClN3O8. The Balaban J connectivity index is 1.56. The van der Waals surface area contributed by atoms with Crippen LogP contribution in [0.4, 0.5) is 11.4 Å². The molecule has 0 bridgehead atoms. The summed E-state index contributed by atoms with van der Waals surface area (Å²) in [6.07, 6.45) is 1.46. The second-order valence-corrected chi connectivity index (χ2v) is 8.25. The number of nitro benzene ring substituents is 2. The maximum absolute atomic E-state index is 12.4. The van der Waals surface area contributed by atoms with E-state index >= 15 is 0 Å². The van der Waals surface area contributed by atoms with Crippen LogP contribution in [0.15, 0.2) is 65.3 Å². The number of halogens is 1. The van der Waals surface area contributed by atoms with Crippen molar-refractivity contribution in [2.24, 2.45) is 4.99 Å². The minimum atomic E-state index is -0.695. The van der Waals surface area contributed by atoms with Crippen LogP contribution >= 0.6 is 11.6 Å². The van der Waals surface area contributed by atoms with Crippen molar-refractivity contribution >= 4 is 40.9 Å². The lowest BCUT2D eigenvalue weighted by molar-refractivity contribution is -0.385. The fraction of sp³-hybridized carbons (Fsp3) is 0.120. The Hall–Kier alpha value is -4.77. The fourth-order valence-electron chi connectivity index (χ4n) is 3.52. The Labute approximate surface area is 214 Å². The first-order valence-corrected chi connectivity index (χ1v) is 11.1. The molecule has 12 heteroatoms. The van der Waals surface area contributed by atoms with Crippen LogP contribution in [-0.4, -0.2) is 28.8 Å². The van der Waals surface area contributed by atoms with Gasteiger partial charge in [0.05, 0.1) is 22.0 Å². The topological polar surface area (TPSA) is 143 Å². The lowest BCUT2D eigenvalue weighted by atomic mass is 10.1. The van der Waals surface area contributed by atoms with Crippen molar-refractivity contribution in [2.45, 2.75) is 13.5 Å². The maximum Gasteiger partial charge on any atom is 0.363 e. The van der Waals surface area contributed by atoms with Gasteiger partial charge in [-0.3, -0.25) is 20.2 Å². The molecule has 11 nitrogen and oxygen atoms in total. The molecule has 0 saturated heterocycles. The molecule has 0 aromatic heterocycles. The summed E-state index contributed by atoms with van der Waals surface area (Å²) in [6, 6.07) is 13.3. The van der Waals surface area contributed by atoms with Crippen molar-refractivity contribution in [3.05, 3.63) is 108 Å². The molecule has 0 aliphatic carbocycles. The minimum Gasteiger partial charge on any atom is -0.493 e. The summed E-state index contributed by atoms with van der Waals surface area (Å²) in [5.41, 5.74) is 1.92. The first-order chi connectivity index (χ1) is 17.7. The predicted molar refractivity (Wildman–Crippen MR) is 134 cm³/mol. The van der Waals surface area contributed by atoms with Crippen molar-refractivity contribution in [3.63, 3.8) is 0 Å². The number of carbonyl (C=O) groups is 1. The highest BCUT2D eigenvalue weighted by Crippen LogP contribution is 2.38. The highest BCUT2D eigenvalue weighted by atomic mass is 35.5. The number of esters is 1. The third-order valence-electron chi connectivity index (χ3n) is 5.35. The van der Waals surface area contributed by atoms with Crippen LogP contribution in [-0.2, 0) is 16.1 Å². The number of cyclic esters (lactones) is 1. The number of nitro groups is 2. The molecule has 3 aromatic carbocycles. The summed E-state index contributed by atoms with van der Waals surface area (Å²) in [5, 5.41) is 22.1. The Kier molecular flexibility index (Phi) is 7.16. The molecule has 3 aromatic rings. The summed E-state index contributed by atoms with van der Waals surface area (Å²) in [4.78, 5) is 37.5. The molecule has 4 rings (SSSR count). The van der Waals surface area contributed by atoms with Gasteiger partial charge in [-0.05, 0) is 60.5 Å². The van der Waals surface area contributed by atoms with E-state index in [1.54, 1.807) is 31.2 Å². The first kappa shape index (κ1) is 25.3. The van der Waals surface area contributed by atoms with E-state index in [1.165, 1.54) is 43.5 Å². The van der Waals surface area contributed by atoms with Gasteiger partial charge in [0.25, 0.3) is 11.4 Å². The molecule has 0 fully saturated rings. The van der Waals surface area contributed by atoms with Crippen LogP contribution in [0.3, 0.4) is 0 Å². The fourth-order valence-corrected chi connectivity index (χ4v) is 3.79. The standard InChI is InChI=1S/C25H18ClN3O8/c1-14-9-17(5-8-21(14)29(33)34)24-27-20(25(30)37-24)11-16-10-19(26)23(22(12-16)35-2)36-13-15-3-6-18(7-4-15)28(31)32/h3-12H,13H2,1-2H3/b20-11-. The van der Waals surface area contributed by atoms with Gasteiger partial charge in [-0.2, -0.15) is 0 Å². The quantitative estimate of drug-likeness (QED) is 0.165. The number of aliphatic imine (C=N–C) groups is 1. The van der Waals surface area contributed by atoms with Gasteiger partial charge in [-0.25, -0.2) is 9.79 Å². The predicted octanol–water partition coefficient (Wildman–Crippen LogP) is 5.40. The average Bonchev–Trinajstić information content (AvgIpc) is 3.22. The maximum atomic E-state index is 12.4. The molecule has 0 N–H and O–H groups in total. The number of carbonyl (C=O) groups excluding carboxylic acids is 1. The number of aryl methyl sites for hydroxylation is 1. The number of methoxy groups -OCH3 is 1. The molecular weight excluding hydrogens is 506 g/mol. The summed E-state index contributed by atoms with van der Waals surface area (Å²) in [6.45, 7) is 1.67. The number of non-ortho nitro benzene ring substituents is 1. The zero-order valence-corrected chi connectivity index (χ0v) is 20.2. The zero-order valence-electron chi connectivity index (χ0n) is 19.5. The molecule has 0 radical (unpaired) electrons. The number of nitrogens with zero attached hydrogens (tertiary/aromatic N) is 3. The number of hydrogen-bond donors (Lipinski definition) is 0. The zero-order chi connectivity index (χ0) is 26.7. The molecule has 0 amide bonds. The number of benzene rings is 3. The summed E-state index contributed by atoms with van der Waals surface area (Å²) in [5.74, 6) is -0.123. The van der Waals surface area contributed by atoms with E-state index in [0.29, 0.717) is 28.0 Å². The molecule has 0 spiro atoms. The molecule has 1 heterocycles. The van der Waals surface area contributed by atoms with Crippen LogP contribution < -0.4 is 9.47 Å². The van der Waals surface area contributed by atoms with Crippen molar-refractivity contribution in [3.8, 4) is 11.5 Å². The Morgan fingerprint density at radius 3 is 2.41 bits per heavy atom. The first-order valence-electron chi connectivity index (χ1n) is 10.7. The van der Waals surface area contributed by atoms with E-state index in [0.717, 1.165) is 0 Å². The lowest BCUT2D eigenvalue weighted by Gasteiger charge is -2.13. The Morgan fingerprint density at radius 1 is 1.05 bits per heavy atom. The SMILES string of the molecule is COc1cc(/C=C2\N=C(c3ccc([N+](=O)[O-])c(C)c3)OC2=O)cc(Cl)c1OCc1ccc([N+](=O)[O-])cc1. The van der Waals surface area contributed by atoms with Crippen LogP contribution in [0, 0.1) is 27.2 Å². The third kappa shape index (κ3) is 5.57. The van der Waals surface area contributed by atoms with Crippen molar-refractivity contribution in [1.82, 2.24) is 0 Å². The second kappa shape index (κ2) is 10.5. The Morgan fingerprint density at radius 2 is 1.78 bits per heavy atom. The summed E-state index contributed by atoms with van der Waals surface area (Å²) >= 11 is 6.42. The molecule has 1 aliphatic rings. The second-order valence-electron chi connectivity index (χ2n) is 7.84. The number of hydrogen-bond acceptors (Lipinski definition) is 9. The van der Waals surface area contributed by atoms with Gasteiger partial charge in [-0.1, -0.05) is 11.6 Å². The van der Waals surface area contributed by atoms with E-state index in [2.05, 4.69) is 4.99 Å². The molecule has 188 valence electrons. The van der Waals surface area contributed by atoms with Crippen molar-refractivity contribution in [2.75, 3.05) is 7.11 Å². The lowest BCUT2D eigenvalue weighted by Crippen LogP contribution is -2.06. The van der Waals surface area contributed by atoms with Gasteiger partial charge in [0.1, 0.15) is 6.61 Å². The third-order valence-corrected chi connectivity index (χ3v) is 5.63. The number of rotatable bonds is 8. The summed E-state index contributed by atoms with van der Waals surface area (Å²) in [7, 11) is 1.43. The summed E-state index contributed by atoms with van der Waals surface area (Å²) < 4.78 is 16.4. The van der Waals surface area contributed by atoms with Crippen molar-refractivity contribution < 1.29 is 28.9 Å². The van der Waals surface area contributed by atoms with E-state index < -0.39 is 15.8 Å². The van der Waals surface area contributed by atoms with E-state index in [1.807, 2.05) is 0 Å². The van der Waals surface area contributed by atoms with Gasteiger partial charge < -0.3 is 14.2 Å². The van der Waals surface area contributed by atoms with Gasteiger partial charge in [0.15, 0.2) is 17.2 Å². The normalized spacial score (nSPS) is 13.8. The van der Waals surface area contributed by atoms with Gasteiger partial charge in [-0.15, -0.1) is 0 Å². The molecule has 0 atom stereocenters. The number of ether oxygens (including phenoxy) is 3. The van der Waals surface area contributed by atoms with Gasteiger partial charge in [0, 0.05) is 29.3 Å². The Bertz CT molecular complexity index is 1480. The molecule has 37 heavy (non-hydrogen) atoms. The van der Waals surface area contributed by atoms with Gasteiger partial charge in [0.2, 0.25) is 5.90 Å². The molecule has 1 aliphatic heterocycles. The van der Waals surface area contributed by atoms with Crippen LogP contribution in [0.1, 0.15) is 22.3 Å². The highest BCUT2D eigenvalue weighted by Gasteiger charge is 2.26. The minimum absolute atomic E-state index is 0.00340. The largest absolute Gasteiger partial charge is 0.493 e. The van der Waals surface area contributed by atoms with Crippen LogP contribution in [0.2, 0.25) is 5.02 Å². The van der Waals surface area contributed by atoms with E-state index in [-0.39, 0.29) is 40.3 Å². The average molecular weight is 524 g/mol. The van der Waals surface area contributed by atoms with Gasteiger partial charge >= 0.3 is 5.97 Å². The van der Waals surface area contributed by atoms with Crippen LogP contribution in [0.25, 0.3) is 6.08 Å². The highest BCUT2D eigenvalue weighted by molar-refractivity contribution is 6.32. The van der Waals surface area contributed by atoms with E-state index in [4.69, 9.17) is 25.8 Å². The molecule has 0 unspecified atom stereocenters. The van der Waals surface area contributed by atoms with Crippen LogP contribution in [0.5, 0.6) is 11.5 Å². The molecule has 0 saturated carbocycles. The smallest absolute Gasteiger partial charge is 0.363 e. The monoisotopic (exact) mass is 523 g/mol. The van der Waals surface area contributed by atoms with E-state index in [9.17, 15) is 25.0 Å². The van der Waals surface area contributed by atoms with Crippen molar-refractivity contribution in [1.29, 1.82) is 0 Å².